The molecule has 7 heteroatoms. The van der Waals surface area contributed by atoms with Crippen LogP contribution in [0.4, 0.5) is 5.69 Å². The Labute approximate surface area is 221 Å². The van der Waals surface area contributed by atoms with Gasteiger partial charge in [0.05, 0.1) is 24.8 Å². The molecule has 7 nitrogen and oxygen atoms in total. The smallest absolute Gasteiger partial charge is 0.300 e. The van der Waals surface area contributed by atoms with Gasteiger partial charge in [-0.25, -0.2) is 0 Å². The number of ether oxygens (including phenoxy) is 2. The summed E-state index contributed by atoms with van der Waals surface area (Å²) >= 11 is 0. The van der Waals surface area contributed by atoms with Crippen LogP contribution in [-0.4, -0.2) is 35.0 Å². The Morgan fingerprint density at radius 1 is 1.00 bits per heavy atom. The highest BCUT2D eigenvalue weighted by Gasteiger charge is 2.47. The molecule has 0 aliphatic carbocycles. The molecular formula is C31H30N2O5. The van der Waals surface area contributed by atoms with Crippen LogP contribution in [0.5, 0.6) is 11.5 Å². The van der Waals surface area contributed by atoms with Crippen LogP contribution in [0, 0.1) is 6.92 Å². The first kappa shape index (κ1) is 25.1. The third kappa shape index (κ3) is 4.41. The summed E-state index contributed by atoms with van der Waals surface area (Å²) in [7, 11) is 0. The number of hydrogen-bond acceptors (Lipinski definition) is 5. The zero-order valence-corrected chi connectivity index (χ0v) is 21.7. The average molecular weight is 511 g/mol. The van der Waals surface area contributed by atoms with Gasteiger partial charge in [-0.1, -0.05) is 25.1 Å². The quantitative estimate of drug-likeness (QED) is 0.165. The van der Waals surface area contributed by atoms with Crippen LogP contribution in [0.1, 0.15) is 43.0 Å². The summed E-state index contributed by atoms with van der Waals surface area (Å²) in [5.74, 6) is -0.290. The maximum Gasteiger partial charge on any atom is 0.300 e. The fourth-order valence-corrected chi connectivity index (χ4v) is 4.91. The average Bonchev–Trinajstić information content (AvgIpc) is 3.46. The van der Waals surface area contributed by atoms with E-state index < -0.39 is 17.7 Å². The molecule has 1 aliphatic heterocycles. The third-order valence-electron chi connectivity index (χ3n) is 6.70. The van der Waals surface area contributed by atoms with Gasteiger partial charge in [-0.15, -0.1) is 0 Å². The number of aromatic amines is 1. The first-order chi connectivity index (χ1) is 18.4. The van der Waals surface area contributed by atoms with Crippen molar-refractivity contribution >= 4 is 34.0 Å². The Hall–Kier alpha value is -4.52. The van der Waals surface area contributed by atoms with Crippen molar-refractivity contribution in [3.05, 3.63) is 95.2 Å². The van der Waals surface area contributed by atoms with Crippen molar-refractivity contribution in [1.29, 1.82) is 0 Å². The van der Waals surface area contributed by atoms with Gasteiger partial charge in [0, 0.05) is 33.9 Å². The van der Waals surface area contributed by atoms with Gasteiger partial charge >= 0.3 is 0 Å². The van der Waals surface area contributed by atoms with Crippen LogP contribution >= 0.6 is 0 Å². The molecule has 0 radical (unpaired) electrons. The zero-order chi connectivity index (χ0) is 26.8. The van der Waals surface area contributed by atoms with Crippen molar-refractivity contribution < 1.29 is 24.2 Å². The van der Waals surface area contributed by atoms with Gasteiger partial charge in [-0.2, -0.15) is 0 Å². The topological polar surface area (TPSA) is 91.9 Å². The molecule has 0 spiro atoms. The Balaban J connectivity index is 1.67. The lowest BCUT2D eigenvalue weighted by molar-refractivity contribution is -0.132. The molecule has 1 aromatic heterocycles. The number of para-hydroxylation sites is 1. The number of nitrogens with zero attached hydrogens (tertiary/aromatic N) is 1. The minimum atomic E-state index is -0.833. The van der Waals surface area contributed by atoms with Crippen molar-refractivity contribution in [3.8, 4) is 11.5 Å². The molecule has 0 saturated carbocycles. The molecule has 3 aromatic carbocycles. The van der Waals surface area contributed by atoms with E-state index in [0.717, 1.165) is 28.5 Å². The second-order valence-electron chi connectivity index (χ2n) is 9.21. The largest absolute Gasteiger partial charge is 0.507 e. The van der Waals surface area contributed by atoms with Gasteiger partial charge in [0.1, 0.15) is 17.3 Å². The number of anilines is 1. The zero-order valence-electron chi connectivity index (χ0n) is 21.7. The summed E-state index contributed by atoms with van der Waals surface area (Å²) in [5.41, 5.74) is 3.43. The highest BCUT2D eigenvalue weighted by Crippen LogP contribution is 2.44. The number of H-pyrrole nitrogens is 1. The molecular weight excluding hydrogens is 480 g/mol. The summed E-state index contributed by atoms with van der Waals surface area (Å²) in [6.45, 7) is 6.91. The van der Waals surface area contributed by atoms with E-state index in [2.05, 4.69) is 4.98 Å². The van der Waals surface area contributed by atoms with Gasteiger partial charge in [-0.05, 0) is 74.4 Å². The lowest BCUT2D eigenvalue weighted by atomic mass is 9.94. The number of ketones is 1. The van der Waals surface area contributed by atoms with Crippen molar-refractivity contribution in [2.45, 2.75) is 33.2 Å². The molecule has 4 aromatic rings. The van der Waals surface area contributed by atoms with E-state index in [-0.39, 0.29) is 11.3 Å². The summed E-state index contributed by atoms with van der Waals surface area (Å²) in [6.07, 6.45) is 2.67. The number of carbonyl (C=O) groups is 2. The number of carbonyl (C=O) groups excluding carboxylic acids is 2. The van der Waals surface area contributed by atoms with E-state index >= 15 is 0 Å². The van der Waals surface area contributed by atoms with Crippen LogP contribution in [-0.2, 0) is 9.59 Å². The van der Waals surface area contributed by atoms with Crippen molar-refractivity contribution in [2.75, 3.05) is 18.1 Å². The lowest BCUT2D eigenvalue weighted by Crippen LogP contribution is -2.29. The molecule has 1 aliphatic rings. The van der Waals surface area contributed by atoms with E-state index in [4.69, 9.17) is 9.47 Å². The van der Waals surface area contributed by atoms with Crippen molar-refractivity contribution in [1.82, 2.24) is 4.98 Å². The molecule has 1 unspecified atom stereocenters. The maximum absolute atomic E-state index is 13.5. The number of aliphatic hydroxyl groups excluding tert-OH is 1. The van der Waals surface area contributed by atoms with Gasteiger partial charge in [0.2, 0.25) is 0 Å². The van der Waals surface area contributed by atoms with Crippen LogP contribution in [0.3, 0.4) is 0 Å². The van der Waals surface area contributed by atoms with E-state index in [1.54, 1.807) is 48.7 Å². The number of amides is 1. The fraction of sp³-hybridized carbons (Fsp3) is 0.226. The number of fused-ring (bicyclic) bond motifs is 1. The summed E-state index contributed by atoms with van der Waals surface area (Å²) in [4.78, 5) is 31.7. The molecule has 1 atom stereocenters. The maximum atomic E-state index is 13.5. The highest BCUT2D eigenvalue weighted by molar-refractivity contribution is 6.51. The van der Waals surface area contributed by atoms with Crippen molar-refractivity contribution in [3.63, 3.8) is 0 Å². The van der Waals surface area contributed by atoms with Gasteiger partial charge in [0.15, 0.2) is 0 Å². The van der Waals surface area contributed by atoms with Gasteiger partial charge < -0.3 is 19.6 Å². The second-order valence-corrected chi connectivity index (χ2v) is 9.21. The fourth-order valence-electron chi connectivity index (χ4n) is 4.91. The van der Waals surface area contributed by atoms with Crippen LogP contribution < -0.4 is 14.4 Å². The lowest BCUT2D eigenvalue weighted by Gasteiger charge is -2.25. The van der Waals surface area contributed by atoms with E-state index in [1.807, 2.05) is 45.0 Å². The third-order valence-corrected chi connectivity index (χ3v) is 6.70. The minimum Gasteiger partial charge on any atom is -0.507 e. The number of nitrogens with one attached hydrogen (secondary N) is 1. The molecule has 1 amide bonds. The highest BCUT2D eigenvalue weighted by atomic mass is 16.5. The first-order valence-corrected chi connectivity index (χ1v) is 12.8. The number of benzene rings is 3. The number of aliphatic hydroxyl groups is 1. The van der Waals surface area contributed by atoms with Crippen LogP contribution in [0.15, 0.2) is 78.5 Å². The molecule has 2 heterocycles. The first-order valence-electron chi connectivity index (χ1n) is 12.8. The molecule has 2 N–H and O–H groups in total. The Bertz CT molecular complexity index is 1530. The second kappa shape index (κ2) is 10.5. The Kier molecular flexibility index (Phi) is 6.92. The number of aromatic nitrogens is 1. The Morgan fingerprint density at radius 2 is 1.76 bits per heavy atom. The van der Waals surface area contributed by atoms with Crippen LogP contribution in [0.2, 0.25) is 0 Å². The van der Waals surface area contributed by atoms with E-state index in [1.165, 1.54) is 4.90 Å². The van der Waals surface area contributed by atoms with Gasteiger partial charge in [0.25, 0.3) is 11.7 Å². The number of rotatable bonds is 8. The predicted molar refractivity (Wildman–Crippen MR) is 148 cm³/mol. The molecule has 38 heavy (non-hydrogen) atoms. The Morgan fingerprint density at radius 3 is 2.47 bits per heavy atom. The summed E-state index contributed by atoms with van der Waals surface area (Å²) in [5, 5.41) is 12.4. The molecule has 5 rings (SSSR count). The normalized spacial score (nSPS) is 16.8. The number of aryl methyl sites for hydroxylation is 1. The SMILES string of the molecule is CCCOc1ccc(/C(O)=C2\C(=O)C(=O)N(c3ccc(OCC)cc3)C2c2c[nH]c3ccccc23)cc1C. The van der Waals surface area contributed by atoms with E-state index in [0.29, 0.717) is 36.0 Å². The molecule has 194 valence electrons. The standard InChI is InChI=1S/C31H30N2O5/c1-4-16-38-26-15-10-20(17-19(26)3)29(34)27-28(24-18-32-25-9-7-6-8-23(24)25)33(31(36)30(27)35)21-11-13-22(14-12-21)37-5-2/h6-15,17-18,28,32,34H,4-5,16H2,1-3H3/b29-27+. The van der Waals surface area contributed by atoms with E-state index in [9.17, 15) is 14.7 Å². The summed E-state index contributed by atoms with van der Waals surface area (Å²) < 4.78 is 11.3. The molecule has 1 saturated heterocycles. The van der Waals surface area contributed by atoms with Gasteiger partial charge in [-0.3, -0.25) is 14.5 Å². The predicted octanol–water partition coefficient (Wildman–Crippen LogP) is 6.29. The number of Topliss-reactive ketones (excluding diaryl/α,β-unsaturated/α-hetero) is 1. The minimum absolute atomic E-state index is 0.0373. The summed E-state index contributed by atoms with van der Waals surface area (Å²) in [6, 6.07) is 19.2. The molecule has 1 fully saturated rings. The van der Waals surface area contributed by atoms with Crippen molar-refractivity contribution in [2.24, 2.45) is 0 Å². The van der Waals surface area contributed by atoms with Crippen LogP contribution in [0.25, 0.3) is 16.7 Å². The molecule has 0 bridgehead atoms. The number of hydrogen-bond donors (Lipinski definition) is 2. The monoisotopic (exact) mass is 510 g/mol.